The summed E-state index contributed by atoms with van der Waals surface area (Å²) in [6, 6.07) is 0. The lowest BCUT2D eigenvalue weighted by atomic mass is 9.84. The maximum absolute atomic E-state index is 9.07. The molecule has 0 aromatic rings. The largest absolute Gasteiger partial charge is 0.396 e. The van der Waals surface area contributed by atoms with Gasteiger partial charge in [-0.3, -0.25) is 0 Å². The van der Waals surface area contributed by atoms with Gasteiger partial charge in [0.1, 0.15) is 0 Å². The SMILES string of the molecule is CCC(C)(CO)CC=C(C)C. The Balaban J connectivity index is 3.98. The molecule has 0 aromatic heterocycles. The molecule has 1 heteroatoms. The zero-order valence-corrected chi connectivity index (χ0v) is 8.15. The summed E-state index contributed by atoms with van der Waals surface area (Å²) in [6.45, 7) is 8.70. The zero-order valence-electron chi connectivity index (χ0n) is 8.15. The van der Waals surface area contributed by atoms with Crippen molar-refractivity contribution in [2.45, 2.75) is 40.5 Å². The average Bonchev–Trinajstić information content (AvgIpc) is 2.00. The molecule has 0 fully saturated rings. The standard InChI is InChI=1S/C10H20O/c1-5-10(4,8-11)7-6-9(2)3/h6,11H,5,7-8H2,1-4H3. The van der Waals surface area contributed by atoms with Crippen LogP contribution in [-0.4, -0.2) is 11.7 Å². The van der Waals surface area contributed by atoms with E-state index in [4.69, 9.17) is 5.11 Å². The topological polar surface area (TPSA) is 20.2 Å². The molecule has 11 heavy (non-hydrogen) atoms. The minimum Gasteiger partial charge on any atom is -0.396 e. The molecule has 66 valence electrons. The Morgan fingerprint density at radius 2 is 2.00 bits per heavy atom. The molecule has 0 saturated carbocycles. The van der Waals surface area contributed by atoms with Gasteiger partial charge in [0.2, 0.25) is 0 Å². The lowest BCUT2D eigenvalue weighted by Gasteiger charge is -2.23. The van der Waals surface area contributed by atoms with Gasteiger partial charge in [-0.15, -0.1) is 0 Å². The van der Waals surface area contributed by atoms with Crippen LogP contribution in [-0.2, 0) is 0 Å². The van der Waals surface area contributed by atoms with E-state index in [9.17, 15) is 0 Å². The predicted octanol–water partition coefficient (Wildman–Crippen LogP) is 2.75. The number of aliphatic hydroxyl groups is 1. The fraction of sp³-hybridized carbons (Fsp3) is 0.800. The molecule has 0 aliphatic heterocycles. The molecule has 1 unspecified atom stereocenters. The van der Waals surface area contributed by atoms with Crippen LogP contribution in [0.25, 0.3) is 0 Å². The molecule has 1 nitrogen and oxygen atoms in total. The molecule has 0 saturated heterocycles. The van der Waals surface area contributed by atoms with Gasteiger partial charge in [-0.25, -0.2) is 0 Å². The molecule has 0 heterocycles. The van der Waals surface area contributed by atoms with Crippen LogP contribution in [0.1, 0.15) is 40.5 Å². The molecular weight excluding hydrogens is 136 g/mol. The highest BCUT2D eigenvalue weighted by molar-refractivity contribution is 4.96. The Morgan fingerprint density at radius 3 is 2.27 bits per heavy atom. The van der Waals surface area contributed by atoms with Crippen LogP contribution in [0.4, 0.5) is 0 Å². The van der Waals surface area contributed by atoms with Gasteiger partial charge in [0.25, 0.3) is 0 Å². The molecule has 0 aliphatic carbocycles. The molecule has 0 aliphatic rings. The van der Waals surface area contributed by atoms with Crippen LogP contribution < -0.4 is 0 Å². The van der Waals surface area contributed by atoms with Gasteiger partial charge in [-0.1, -0.05) is 25.5 Å². The molecule has 0 spiro atoms. The van der Waals surface area contributed by atoms with Gasteiger partial charge in [-0.05, 0) is 32.1 Å². The molecule has 0 bridgehead atoms. The first kappa shape index (κ1) is 10.7. The Bertz CT molecular complexity index is 128. The Kier molecular flexibility index (Phi) is 4.43. The van der Waals surface area contributed by atoms with Gasteiger partial charge < -0.3 is 5.11 Å². The summed E-state index contributed by atoms with van der Waals surface area (Å²) < 4.78 is 0. The van der Waals surface area contributed by atoms with Crippen LogP contribution in [0.2, 0.25) is 0 Å². The summed E-state index contributed by atoms with van der Waals surface area (Å²) in [6.07, 6.45) is 4.22. The van der Waals surface area contributed by atoms with E-state index in [0.717, 1.165) is 12.8 Å². The second-order valence-corrected chi connectivity index (χ2v) is 3.81. The number of aliphatic hydroxyl groups excluding tert-OH is 1. The van der Waals surface area contributed by atoms with Crippen molar-refractivity contribution >= 4 is 0 Å². The first-order valence-electron chi connectivity index (χ1n) is 4.28. The Morgan fingerprint density at radius 1 is 1.45 bits per heavy atom. The van der Waals surface area contributed by atoms with Crippen LogP contribution in [0.5, 0.6) is 0 Å². The summed E-state index contributed by atoms with van der Waals surface area (Å²) in [5, 5.41) is 9.07. The highest BCUT2D eigenvalue weighted by Gasteiger charge is 2.18. The van der Waals surface area contributed by atoms with E-state index in [2.05, 4.69) is 33.8 Å². The summed E-state index contributed by atoms with van der Waals surface area (Å²) in [5.41, 5.74) is 1.43. The Labute approximate surface area is 70.1 Å². The smallest absolute Gasteiger partial charge is 0.0487 e. The van der Waals surface area contributed by atoms with Gasteiger partial charge >= 0.3 is 0 Å². The van der Waals surface area contributed by atoms with Crippen LogP contribution in [0, 0.1) is 5.41 Å². The summed E-state index contributed by atoms with van der Waals surface area (Å²) in [4.78, 5) is 0. The number of hydrogen-bond donors (Lipinski definition) is 1. The fourth-order valence-corrected chi connectivity index (χ4v) is 0.771. The summed E-state index contributed by atoms with van der Waals surface area (Å²) in [5.74, 6) is 0. The van der Waals surface area contributed by atoms with Gasteiger partial charge in [0.05, 0.1) is 0 Å². The van der Waals surface area contributed by atoms with Crippen molar-refractivity contribution in [2.75, 3.05) is 6.61 Å². The van der Waals surface area contributed by atoms with E-state index in [1.165, 1.54) is 5.57 Å². The van der Waals surface area contributed by atoms with E-state index in [1.807, 2.05) is 0 Å². The van der Waals surface area contributed by atoms with Gasteiger partial charge in [-0.2, -0.15) is 0 Å². The minimum absolute atomic E-state index is 0.0945. The molecule has 0 rings (SSSR count). The molecule has 1 N–H and O–H groups in total. The second-order valence-electron chi connectivity index (χ2n) is 3.81. The third-order valence-electron chi connectivity index (χ3n) is 2.24. The number of rotatable bonds is 4. The lowest BCUT2D eigenvalue weighted by Crippen LogP contribution is -2.19. The fourth-order valence-electron chi connectivity index (χ4n) is 0.771. The maximum Gasteiger partial charge on any atom is 0.0487 e. The third-order valence-corrected chi connectivity index (χ3v) is 2.24. The molecule has 0 aromatic carbocycles. The van der Waals surface area contributed by atoms with Gasteiger partial charge in [0, 0.05) is 6.61 Å². The van der Waals surface area contributed by atoms with Crippen molar-refractivity contribution < 1.29 is 5.11 Å². The van der Waals surface area contributed by atoms with E-state index in [1.54, 1.807) is 0 Å². The summed E-state index contributed by atoms with van der Waals surface area (Å²) in [7, 11) is 0. The average molecular weight is 156 g/mol. The first-order valence-corrected chi connectivity index (χ1v) is 4.28. The predicted molar refractivity (Wildman–Crippen MR) is 49.5 cm³/mol. The molecule has 0 amide bonds. The van der Waals surface area contributed by atoms with E-state index < -0.39 is 0 Å². The van der Waals surface area contributed by atoms with Crippen LogP contribution in [0.15, 0.2) is 11.6 Å². The van der Waals surface area contributed by atoms with Crippen molar-refractivity contribution in [1.82, 2.24) is 0 Å². The molecule has 0 radical (unpaired) electrons. The minimum atomic E-state index is 0.0945. The number of allylic oxidation sites excluding steroid dienone is 2. The first-order chi connectivity index (χ1) is 5.04. The zero-order chi connectivity index (χ0) is 8.91. The Hall–Kier alpha value is -0.300. The number of hydrogen-bond acceptors (Lipinski definition) is 1. The van der Waals surface area contributed by atoms with Gasteiger partial charge in [0.15, 0.2) is 0 Å². The normalized spacial score (nSPS) is 15.7. The molecular formula is C10H20O. The van der Waals surface area contributed by atoms with E-state index >= 15 is 0 Å². The quantitative estimate of drug-likeness (QED) is 0.620. The van der Waals surface area contributed by atoms with Crippen molar-refractivity contribution in [3.05, 3.63) is 11.6 Å². The summed E-state index contributed by atoms with van der Waals surface area (Å²) >= 11 is 0. The molecule has 1 atom stereocenters. The van der Waals surface area contributed by atoms with Crippen molar-refractivity contribution in [3.63, 3.8) is 0 Å². The highest BCUT2D eigenvalue weighted by Crippen LogP contribution is 2.25. The van der Waals surface area contributed by atoms with E-state index in [0.29, 0.717) is 0 Å². The maximum atomic E-state index is 9.07. The van der Waals surface area contributed by atoms with Crippen LogP contribution in [0.3, 0.4) is 0 Å². The van der Waals surface area contributed by atoms with Crippen molar-refractivity contribution in [1.29, 1.82) is 0 Å². The second kappa shape index (κ2) is 4.55. The highest BCUT2D eigenvalue weighted by atomic mass is 16.3. The van der Waals surface area contributed by atoms with Crippen LogP contribution >= 0.6 is 0 Å². The van der Waals surface area contributed by atoms with Crippen molar-refractivity contribution in [3.8, 4) is 0 Å². The third kappa shape index (κ3) is 4.20. The monoisotopic (exact) mass is 156 g/mol. The van der Waals surface area contributed by atoms with Crippen molar-refractivity contribution in [2.24, 2.45) is 5.41 Å². The lowest BCUT2D eigenvalue weighted by molar-refractivity contribution is 0.140. The van der Waals surface area contributed by atoms with E-state index in [-0.39, 0.29) is 12.0 Å².